The van der Waals surface area contributed by atoms with E-state index >= 15 is 0 Å². The number of aliphatic hydroxyl groups is 1. The van der Waals surface area contributed by atoms with E-state index in [1.807, 2.05) is 19.1 Å². The maximum absolute atomic E-state index is 11.7. The van der Waals surface area contributed by atoms with Gasteiger partial charge in [0.15, 0.2) is 0 Å². The Balaban J connectivity index is 1.94. The monoisotopic (exact) mass is 340 g/mol. The van der Waals surface area contributed by atoms with Crippen LogP contribution in [0.25, 0.3) is 0 Å². The molecule has 6 heteroatoms. The minimum atomic E-state index is -3.40. The van der Waals surface area contributed by atoms with Gasteiger partial charge in [-0.15, -0.1) is 0 Å². The molecule has 23 heavy (non-hydrogen) atoms. The molecule has 0 radical (unpaired) electrons. The highest BCUT2D eigenvalue weighted by Gasteiger charge is 2.31. The molecule has 1 fully saturated rings. The molecule has 1 atom stereocenters. The molecule has 1 aliphatic carbocycles. The van der Waals surface area contributed by atoms with E-state index < -0.39 is 15.6 Å². The van der Waals surface area contributed by atoms with Crippen molar-refractivity contribution < 1.29 is 13.5 Å². The molecule has 0 unspecified atom stereocenters. The van der Waals surface area contributed by atoms with Gasteiger partial charge in [0.1, 0.15) is 0 Å². The van der Waals surface area contributed by atoms with Crippen LogP contribution in [-0.4, -0.2) is 32.7 Å². The third-order valence-electron chi connectivity index (χ3n) is 4.90. The standard InChI is InChI=1S/C17H28N2O3S/c1-13-8-10-17(20,11-9-13)12-19-14(2)15-4-6-16(7-5-15)23(21,22)18-3/h4-7,13-14,18-20H,8-12H2,1-3H3/t13?,14-,17?/m0/s1. The molecule has 0 heterocycles. The molecule has 0 bridgehead atoms. The molecular formula is C17H28N2O3S. The number of hydrogen-bond acceptors (Lipinski definition) is 4. The fourth-order valence-corrected chi connectivity index (χ4v) is 3.72. The average Bonchev–Trinajstić information content (AvgIpc) is 2.56. The molecule has 130 valence electrons. The van der Waals surface area contributed by atoms with Gasteiger partial charge in [-0.05, 0) is 63.3 Å². The van der Waals surface area contributed by atoms with Gasteiger partial charge >= 0.3 is 0 Å². The number of nitrogens with one attached hydrogen (secondary N) is 2. The first kappa shape index (κ1) is 18.4. The third-order valence-corrected chi connectivity index (χ3v) is 6.33. The molecule has 1 aromatic carbocycles. The van der Waals surface area contributed by atoms with Crippen LogP contribution in [0.15, 0.2) is 29.2 Å². The van der Waals surface area contributed by atoms with E-state index in [-0.39, 0.29) is 10.9 Å². The van der Waals surface area contributed by atoms with Gasteiger partial charge in [0.25, 0.3) is 0 Å². The van der Waals surface area contributed by atoms with Gasteiger partial charge in [-0.1, -0.05) is 19.1 Å². The van der Waals surface area contributed by atoms with Gasteiger partial charge in [0, 0.05) is 12.6 Å². The lowest BCUT2D eigenvalue weighted by Gasteiger charge is -2.36. The number of rotatable bonds is 6. The molecule has 5 nitrogen and oxygen atoms in total. The second-order valence-electron chi connectivity index (χ2n) is 6.79. The van der Waals surface area contributed by atoms with Gasteiger partial charge in [-0.25, -0.2) is 13.1 Å². The Kier molecular flexibility index (Phi) is 5.84. The zero-order valence-corrected chi connectivity index (χ0v) is 15.0. The zero-order chi connectivity index (χ0) is 17.1. The lowest BCUT2D eigenvalue weighted by atomic mass is 9.79. The van der Waals surface area contributed by atoms with Gasteiger partial charge in [0.05, 0.1) is 10.5 Å². The molecule has 3 N–H and O–H groups in total. The topological polar surface area (TPSA) is 78.4 Å². The zero-order valence-electron chi connectivity index (χ0n) is 14.2. The molecule has 0 saturated heterocycles. The summed E-state index contributed by atoms with van der Waals surface area (Å²) in [6.07, 6.45) is 3.83. The maximum Gasteiger partial charge on any atom is 0.240 e. The molecule has 0 aromatic heterocycles. The fourth-order valence-electron chi connectivity index (χ4n) is 2.99. The normalized spacial score (nSPS) is 26.9. The van der Waals surface area contributed by atoms with E-state index in [1.54, 1.807) is 12.1 Å². The van der Waals surface area contributed by atoms with Crippen molar-refractivity contribution in [3.05, 3.63) is 29.8 Å². The number of hydrogen-bond donors (Lipinski definition) is 3. The van der Waals surface area contributed by atoms with Gasteiger partial charge in [0.2, 0.25) is 10.0 Å². The average molecular weight is 340 g/mol. The molecule has 1 aliphatic rings. The van der Waals surface area contributed by atoms with Crippen LogP contribution >= 0.6 is 0 Å². The fraction of sp³-hybridized carbons (Fsp3) is 0.647. The lowest BCUT2D eigenvalue weighted by Crippen LogP contribution is -2.44. The summed E-state index contributed by atoms with van der Waals surface area (Å²) in [4.78, 5) is 0.260. The predicted octanol–water partition coefficient (Wildman–Crippen LogP) is 2.19. The predicted molar refractivity (Wildman–Crippen MR) is 91.7 cm³/mol. The highest BCUT2D eigenvalue weighted by molar-refractivity contribution is 7.89. The van der Waals surface area contributed by atoms with E-state index in [1.165, 1.54) is 7.05 Å². The van der Waals surface area contributed by atoms with Gasteiger partial charge in [-0.2, -0.15) is 0 Å². The van der Waals surface area contributed by atoms with Crippen LogP contribution in [0.3, 0.4) is 0 Å². The first-order chi connectivity index (χ1) is 10.8. The number of benzene rings is 1. The molecule has 1 saturated carbocycles. The van der Waals surface area contributed by atoms with Crippen molar-refractivity contribution in [2.45, 2.75) is 56.1 Å². The first-order valence-electron chi connectivity index (χ1n) is 8.25. The van der Waals surface area contributed by atoms with Crippen LogP contribution in [0.1, 0.15) is 51.1 Å². The van der Waals surface area contributed by atoms with Crippen molar-refractivity contribution >= 4 is 10.0 Å². The molecule has 2 rings (SSSR count). The molecule has 0 aliphatic heterocycles. The SMILES string of the molecule is CNS(=O)(=O)c1ccc([C@H](C)NCC2(O)CCC(C)CC2)cc1. The van der Waals surface area contributed by atoms with Crippen molar-refractivity contribution in [3.63, 3.8) is 0 Å². The van der Waals surface area contributed by atoms with Gasteiger partial charge < -0.3 is 10.4 Å². The smallest absolute Gasteiger partial charge is 0.240 e. The van der Waals surface area contributed by atoms with E-state index in [4.69, 9.17) is 0 Å². The van der Waals surface area contributed by atoms with Crippen LogP contribution in [0.5, 0.6) is 0 Å². The number of sulfonamides is 1. The summed E-state index contributed by atoms with van der Waals surface area (Å²) in [5.74, 6) is 0.703. The van der Waals surface area contributed by atoms with Crippen LogP contribution in [-0.2, 0) is 10.0 Å². The second-order valence-corrected chi connectivity index (χ2v) is 8.67. The first-order valence-corrected chi connectivity index (χ1v) is 9.73. The van der Waals surface area contributed by atoms with Crippen molar-refractivity contribution in [2.75, 3.05) is 13.6 Å². The Morgan fingerprint density at radius 3 is 2.35 bits per heavy atom. The van der Waals surface area contributed by atoms with E-state index in [0.29, 0.717) is 12.5 Å². The summed E-state index contributed by atoms with van der Waals surface area (Å²) >= 11 is 0. The van der Waals surface area contributed by atoms with Crippen LogP contribution < -0.4 is 10.0 Å². The van der Waals surface area contributed by atoms with E-state index in [0.717, 1.165) is 31.2 Å². The highest BCUT2D eigenvalue weighted by atomic mass is 32.2. The summed E-state index contributed by atoms with van der Waals surface area (Å²) in [6, 6.07) is 6.90. The summed E-state index contributed by atoms with van der Waals surface area (Å²) in [5.41, 5.74) is 0.392. The minimum Gasteiger partial charge on any atom is -0.389 e. The Morgan fingerprint density at radius 1 is 1.26 bits per heavy atom. The summed E-state index contributed by atoms with van der Waals surface area (Å²) < 4.78 is 25.8. The van der Waals surface area contributed by atoms with Gasteiger partial charge in [-0.3, -0.25) is 0 Å². The quantitative estimate of drug-likeness (QED) is 0.742. The van der Waals surface area contributed by atoms with Crippen LogP contribution in [0.2, 0.25) is 0 Å². The summed E-state index contributed by atoms with van der Waals surface area (Å²) in [7, 11) is -1.99. The van der Waals surface area contributed by atoms with Crippen molar-refractivity contribution in [1.29, 1.82) is 0 Å². The Labute approximate surface area is 139 Å². The Bertz CT molecular complexity index is 605. The highest BCUT2D eigenvalue weighted by Crippen LogP contribution is 2.31. The third kappa shape index (κ3) is 4.76. The largest absolute Gasteiger partial charge is 0.389 e. The molecule has 0 amide bonds. The second kappa shape index (κ2) is 7.30. The van der Waals surface area contributed by atoms with E-state index in [2.05, 4.69) is 17.0 Å². The molecular weight excluding hydrogens is 312 g/mol. The van der Waals surface area contributed by atoms with E-state index in [9.17, 15) is 13.5 Å². The van der Waals surface area contributed by atoms with Crippen molar-refractivity contribution in [1.82, 2.24) is 10.0 Å². The Morgan fingerprint density at radius 2 is 1.83 bits per heavy atom. The summed E-state index contributed by atoms with van der Waals surface area (Å²) in [6.45, 7) is 4.82. The van der Waals surface area contributed by atoms with Crippen LogP contribution in [0.4, 0.5) is 0 Å². The Hall–Kier alpha value is -0.950. The maximum atomic E-state index is 11.7. The van der Waals surface area contributed by atoms with Crippen molar-refractivity contribution in [2.24, 2.45) is 5.92 Å². The minimum absolute atomic E-state index is 0.0599. The lowest BCUT2D eigenvalue weighted by molar-refractivity contribution is -0.00783. The van der Waals surface area contributed by atoms with Crippen LogP contribution in [0, 0.1) is 5.92 Å². The molecule has 0 spiro atoms. The molecule has 1 aromatic rings. The summed E-state index contributed by atoms with van der Waals surface area (Å²) in [5, 5.41) is 14.0. The van der Waals surface area contributed by atoms with Crippen molar-refractivity contribution in [3.8, 4) is 0 Å².